The fourth-order valence-electron chi connectivity index (χ4n) is 2.31. The number of hydrogen-bond donors (Lipinski definition) is 0. The quantitative estimate of drug-likeness (QED) is 0.469. The van der Waals surface area contributed by atoms with Gasteiger partial charge in [0.05, 0.1) is 31.9 Å². The lowest BCUT2D eigenvalue weighted by Gasteiger charge is -2.12. The Bertz CT molecular complexity index is 852. The van der Waals surface area contributed by atoms with Crippen molar-refractivity contribution in [2.75, 3.05) is 21.3 Å². The standard InChI is InChI=1S/C19H17ClF2O5/c1-24-12-5-7-16(25-2)13(10-12)15(23)6-4-11-8-14(20)18(27-19(21)22)17(9-11)26-3/h4-10,19H,1-3H3/b6-4+. The summed E-state index contributed by atoms with van der Waals surface area (Å²) >= 11 is 5.98. The van der Waals surface area contributed by atoms with Gasteiger partial charge in [0.2, 0.25) is 0 Å². The smallest absolute Gasteiger partial charge is 0.387 e. The number of rotatable bonds is 8. The van der Waals surface area contributed by atoms with E-state index in [0.717, 1.165) is 0 Å². The maximum Gasteiger partial charge on any atom is 0.387 e. The van der Waals surface area contributed by atoms with Crippen molar-refractivity contribution in [2.45, 2.75) is 6.61 Å². The van der Waals surface area contributed by atoms with E-state index in [4.69, 9.17) is 25.8 Å². The van der Waals surface area contributed by atoms with Gasteiger partial charge >= 0.3 is 6.61 Å². The van der Waals surface area contributed by atoms with Gasteiger partial charge in [-0.1, -0.05) is 17.7 Å². The first-order chi connectivity index (χ1) is 12.9. The predicted molar refractivity (Wildman–Crippen MR) is 97.5 cm³/mol. The maximum atomic E-state index is 12.5. The number of ether oxygens (including phenoxy) is 4. The van der Waals surface area contributed by atoms with Crippen molar-refractivity contribution in [1.82, 2.24) is 0 Å². The molecule has 0 bridgehead atoms. The summed E-state index contributed by atoms with van der Waals surface area (Å²) in [7, 11) is 4.24. The maximum absolute atomic E-state index is 12.5. The number of allylic oxidation sites excluding steroid dienone is 1. The van der Waals surface area contributed by atoms with E-state index in [9.17, 15) is 13.6 Å². The van der Waals surface area contributed by atoms with Crippen LogP contribution < -0.4 is 18.9 Å². The number of benzene rings is 2. The Labute approximate surface area is 160 Å². The molecule has 0 aliphatic carbocycles. The van der Waals surface area contributed by atoms with Gasteiger partial charge in [-0.05, 0) is 42.0 Å². The molecule has 0 unspecified atom stereocenters. The highest BCUT2D eigenvalue weighted by Crippen LogP contribution is 2.37. The molecule has 2 rings (SSSR count). The Balaban J connectivity index is 2.32. The van der Waals surface area contributed by atoms with Crippen molar-refractivity contribution in [1.29, 1.82) is 0 Å². The molecule has 0 atom stereocenters. The van der Waals surface area contributed by atoms with Gasteiger partial charge in [-0.15, -0.1) is 0 Å². The molecule has 2 aromatic rings. The molecule has 0 amide bonds. The SMILES string of the molecule is COc1ccc(OC)c(C(=O)/C=C/c2cc(Cl)c(OC(F)F)c(OC)c2)c1. The van der Waals surface area contributed by atoms with Crippen LogP contribution in [-0.2, 0) is 0 Å². The van der Waals surface area contributed by atoms with Gasteiger partial charge in [-0.3, -0.25) is 4.79 Å². The van der Waals surface area contributed by atoms with Crippen LogP contribution in [0.3, 0.4) is 0 Å². The first-order valence-corrected chi connectivity index (χ1v) is 8.04. The van der Waals surface area contributed by atoms with Gasteiger partial charge in [-0.2, -0.15) is 8.78 Å². The molecule has 0 saturated heterocycles. The second-order valence-corrected chi connectivity index (χ2v) is 5.58. The van der Waals surface area contributed by atoms with Gasteiger partial charge in [0, 0.05) is 0 Å². The largest absolute Gasteiger partial charge is 0.497 e. The topological polar surface area (TPSA) is 54.0 Å². The molecule has 0 aliphatic rings. The fraction of sp³-hybridized carbons (Fsp3) is 0.211. The number of ketones is 1. The highest BCUT2D eigenvalue weighted by atomic mass is 35.5. The Morgan fingerprint density at radius 3 is 2.33 bits per heavy atom. The molecule has 0 heterocycles. The summed E-state index contributed by atoms with van der Waals surface area (Å²) in [5.41, 5.74) is 0.775. The molecule has 0 fully saturated rings. The zero-order chi connectivity index (χ0) is 20.0. The highest BCUT2D eigenvalue weighted by Gasteiger charge is 2.16. The molecule has 0 spiro atoms. The van der Waals surface area contributed by atoms with Crippen molar-refractivity contribution < 1.29 is 32.5 Å². The summed E-state index contributed by atoms with van der Waals surface area (Å²) in [6.07, 6.45) is 2.78. The molecule has 2 aromatic carbocycles. The second kappa shape index (κ2) is 9.23. The second-order valence-electron chi connectivity index (χ2n) is 5.18. The summed E-state index contributed by atoms with van der Waals surface area (Å²) < 4.78 is 44.6. The number of carbonyl (C=O) groups excluding carboxylic acids is 1. The van der Waals surface area contributed by atoms with Crippen LogP contribution in [0.1, 0.15) is 15.9 Å². The lowest BCUT2D eigenvalue weighted by Crippen LogP contribution is -2.04. The normalized spacial score (nSPS) is 10.9. The van der Waals surface area contributed by atoms with Crippen molar-refractivity contribution in [2.24, 2.45) is 0 Å². The molecule has 0 radical (unpaired) electrons. The molecule has 0 N–H and O–H groups in total. The molecule has 144 valence electrons. The Morgan fingerprint density at radius 2 is 1.74 bits per heavy atom. The molecular weight excluding hydrogens is 382 g/mol. The average Bonchev–Trinajstić information content (AvgIpc) is 2.66. The summed E-state index contributed by atoms with van der Waals surface area (Å²) in [6, 6.07) is 7.66. The minimum atomic E-state index is -3.04. The van der Waals surface area contributed by atoms with Crippen molar-refractivity contribution in [3.8, 4) is 23.0 Å². The molecule has 0 saturated carbocycles. The van der Waals surface area contributed by atoms with Crippen molar-refractivity contribution in [3.63, 3.8) is 0 Å². The van der Waals surface area contributed by atoms with Crippen LogP contribution in [0, 0.1) is 0 Å². The average molecular weight is 399 g/mol. The van der Waals surface area contributed by atoms with Crippen LogP contribution in [0.5, 0.6) is 23.0 Å². The molecule has 5 nitrogen and oxygen atoms in total. The van der Waals surface area contributed by atoms with E-state index < -0.39 is 6.61 Å². The molecular formula is C19H17ClF2O5. The highest BCUT2D eigenvalue weighted by molar-refractivity contribution is 6.32. The number of carbonyl (C=O) groups is 1. The Morgan fingerprint density at radius 1 is 1.04 bits per heavy atom. The third-order valence-electron chi connectivity index (χ3n) is 3.56. The lowest BCUT2D eigenvalue weighted by molar-refractivity contribution is -0.0511. The van der Waals surface area contributed by atoms with Gasteiger partial charge in [0.25, 0.3) is 0 Å². The van der Waals surface area contributed by atoms with E-state index in [1.165, 1.54) is 45.6 Å². The zero-order valence-electron chi connectivity index (χ0n) is 14.8. The third kappa shape index (κ3) is 5.10. The van der Waals surface area contributed by atoms with E-state index in [2.05, 4.69) is 4.74 Å². The predicted octanol–water partition coefficient (Wildman–Crippen LogP) is 4.86. The first-order valence-electron chi connectivity index (χ1n) is 7.66. The van der Waals surface area contributed by atoms with Gasteiger partial charge < -0.3 is 18.9 Å². The number of hydrogen-bond acceptors (Lipinski definition) is 5. The Hall–Kier alpha value is -2.80. The zero-order valence-corrected chi connectivity index (χ0v) is 15.5. The van der Waals surface area contributed by atoms with E-state index in [0.29, 0.717) is 22.6 Å². The molecule has 0 aromatic heterocycles. The lowest BCUT2D eigenvalue weighted by atomic mass is 10.1. The van der Waals surface area contributed by atoms with E-state index in [-0.39, 0.29) is 22.3 Å². The van der Waals surface area contributed by atoms with Gasteiger partial charge in [-0.25, -0.2) is 0 Å². The van der Waals surface area contributed by atoms with Crippen LogP contribution in [0.4, 0.5) is 8.78 Å². The summed E-state index contributed by atoms with van der Waals surface area (Å²) in [6.45, 7) is -3.04. The summed E-state index contributed by atoms with van der Waals surface area (Å²) in [5.74, 6) is 0.308. The first kappa shape index (κ1) is 20.5. The van der Waals surface area contributed by atoms with Crippen LogP contribution in [0.25, 0.3) is 6.08 Å². The van der Waals surface area contributed by atoms with Gasteiger partial charge in [0.1, 0.15) is 11.5 Å². The Kier molecular flexibility index (Phi) is 7.01. The minimum absolute atomic E-state index is 0.0221. The van der Waals surface area contributed by atoms with E-state index >= 15 is 0 Å². The number of alkyl halides is 2. The van der Waals surface area contributed by atoms with Crippen molar-refractivity contribution >= 4 is 23.5 Å². The van der Waals surface area contributed by atoms with Gasteiger partial charge in [0.15, 0.2) is 17.3 Å². The van der Waals surface area contributed by atoms with Crippen LogP contribution in [0.15, 0.2) is 36.4 Å². The fourth-order valence-corrected chi connectivity index (χ4v) is 2.57. The van der Waals surface area contributed by atoms with Crippen molar-refractivity contribution in [3.05, 3.63) is 52.6 Å². The van der Waals surface area contributed by atoms with E-state index in [1.807, 2.05) is 0 Å². The summed E-state index contributed by atoms with van der Waals surface area (Å²) in [5, 5.41) is -0.0688. The molecule has 27 heavy (non-hydrogen) atoms. The minimum Gasteiger partial charge on any atom is -0.497 e. The number of methoxy groups -OCH3 is 3. The monoisotopic (exact) mass is 398 g/mol. The molecule has 0 aliphatic heterocycles. The van der Waals surface area contributed by atoms with E-state index in [1.54, 1.807) is 18.2 Å². The van der Waals surface area contributed by atoms with Crippen LogP contribution in [-0.4, -0.2) is 33.7 Å². The molecule has 8 heteroatoms. The van der Waals surface area contributed by atoms with Crippen LogP contribution in [0.2, 0.25) is 5.02 Å². The summed E-state index contributed by atoms with van der Waals surface area (Å²) in [4.78, 5) is 12.5. The van der Waals surface area contributed by atoms with Crippen LogP contribution >= 0.6 is 11.6 Å². The number of halogens is 3. The third-order valence-corrected chi connectivity index (χ3v) is 3.84.